The van der Waals surface area contributed by atoms with Crippen LogP contribution in [0.15, 0.2) is 0 Å². The predicted molar refractivity (Wildman–Crippen MR) is 46.6 cm³/mol. The van der Waals surface area contributed by atoms with E-state index in [1.807, 2.05) is 12.5 Å². The number of hydrogen-bond donors (Lipinski definition) is 2. The van der Waals surface area contributed by atoms with E-state index in [9.17, 15) is 8.78 Å². The molecular weight excluding hydrogens is 168 g/mol. The topological polar surface area (TPSA) is 12.0 Å². The molecular formula is C7H15F2NS. The summed E-state index contributed by atoms with van der Waals surface area (Å²) in [4.78, 5) is 0. The Morgan fingerprint density at radius 1 is 1.45 bits per heavy atom. The quantitative estimate of drug-likeness (QED) is 0.623. The van der Waals surface area contributed by atoms with Crippen molar-refractivity contribution < 1.29 is 8.78 Å². The molecule has 1 aliphatic carbocycles. The molecule has 11 heavy (non-hydrogen) atoms. The van der Waals surface area contributed by atoms with Gasteiger partial charge in [0.15, 0.2) is 0 Å². The highest BCUT2D eigenvalue weighted by Crippen LogP contribution is 2.36. The first-order valence-electron chi connectivity index (χ1n) is 3.81. The van der Waals surface area contributed by atoms with Crippen molar-refractivity contribution in [3.05, 3.63) is 0 Å². The highest BCUT2D eigenvalue weighted by molar-refractivity contribution is 8.14. The van der Waals surface area contributed by atoms with Crippen LogP contribution in [0.25, 0.3) is 0 Å². The average molecular weight is 183 g/mol. The number of thiol groups is 1. The lowest BCUT2D eigenvalue weighted by molar-refractivity contribution is 0.00765. The van der Waals surface area contributed by atoms with Crippen LogP contribution in [0.3, 0.4) is 0 Å². The summed E-state index contributed by atoms with van der Waals surface area (Å²) in [5, 5.41) is 0. The second kappa shape index (κ2) is 3.27. The fourth-order valence-electron chi connectivity index (χ4n) is 1.43. The van der Waals surface area contributed by atoms with E-state index in [1.54, 1.807) is 0 Å². The van der Waals surface area contributed by atoms with Gasteiger partial charge in [-0.2, -0.15) is 0 Å². The molecule has 0 aliphatic heterocycles. The van der Waals surface area contributed by atoms with E-state index in [0.29, 0.717) is 6.42 Å². The highest BCUT2D eigenvalue weighted by Gasteiger charge is 2.39. The first kappa shape index (κ1) is 9.26. The van der Waals surface area contributed by atoms with Crippen molar-refractivity contribution in [3.63, 3.8) is 0 Å². The summed E-state index contributed by atoms with van der Waals surface area (Å²) < 4.78 is 28.4. The maximum atomic E-state index is 12.6. The summed E-state index contributed by atoms with van der Waals surface area (Å²) in [6.07, 6.45) is 4.83. The number of halogens is 2. The van der Waals surface area contributed by atoms with Gasteiger partial charge < -0.3 is 0 Å². The molecule has 0 aromatic rings. The lowest BCUT2D eigenvalue weighted by Gasteiger charge is -2.18. The van der Waals surface area contributed by atoms with Gasteiger partial charge in [-0.05, 0) is 18.9 Å². The zero-order valence-electron chi connectivity index (χ0n) is 6.90. The Hall–Kier alpha value is 0.170. The van der Waals surface area contributed by atoms with Crippen LogP contribution in [0.1, 0.15) is 19.3 Å². The van der Waals surface area contributed by atoms with E-state index in [4.69, 9.17) is 0 Å². The smallest absolute Gasteiger partial charge is 0.249 e. The largest absolute Gasteiger partial charge is 0.281 e. The number of rotatable bonds is 2. The van der Waals surface area contributed by atoms with Crippen molar-refractivity contribution in [2.75, 3.05) is 12.5 Å². The van der Waals surface area contributed by atoms with E-state index in [2.05, 4.69) is 4.72 Å². The molecule has 0 saturated heterocycles. The fourth-order valence-corrected chi connectivity index (χ4v) is 2.38. The molecule has 4 heteroatoms. The first-order chi connectivity index (χ1) is 4.99. The third kappa shape index (κ3) is 2.95. The Morgan fingerprint density at radius 2 is 2.09 bits per heavy atom. The summed E-state index contributed by atoms with van der Waals surface area (Å²) in [6, 6.07) is 0.0612. The van der Waals surface area contributed by atoms with Crippen molar-refractivity contribution in [1.82, 2.24) is 4.72 Å². The molecule has 1 unspecified atom stereocenters. The van der Waals surface area contributed by atoms with Crippen molar-refractivity contribution in [1.29, 1.82) is 0 Å². The molecule has 0 aromatic heterocycles. The molecule has 1 aliphatic rings. The molecule has 1 N–H and O–H groups in total. The van der Waals surface area contributed by atoms with Gasteiger partial charge in [-0.25, -0.2) is 19.9 Å². The minimum atomic E-state index is -2.40. The van der Waals surface area contributed by atoms with E-state index in [0.717, 1.165) is 0 Å². The zero-order chi connectivity index (χ0) is 8.48. The molecule has 0 radical (unpaired) electrons. The van der Waals surface area contributed by atoms with Crippen LogP contribution < -0.4 is 4.72 Å². The third-order valence-corrected chi connectivity index (χ3v) is 2.73. The lowest BCUT2D eigenvalue weighted by Crippen LogP contribution is -2.24. The van der Waals surface area contributed by atoms with E-state index in [-0.39, 0.29) is 30.0 Å². The van der Waals surface area contributed by atoms with Gasteiger partial charge in [-0.1, -0.05) is 0 Å². The summed E-state index contributed by atoms with van der Waals surface area (Å²) in [6.45, 7) is 0. The molecule has 0 bridgehead atoms. The summed E-state index contributed by atoms with van der Waals surface area (Å²) in [7, 11) is 0. The Morgan fingerprint density at radius 3 is 2.45 bits per heavy atom. The van der Waals surface area contributed by atoms with Crippen molar-refractivity contribution in [2.24, 2.45) is 0 Å². The van der Waals surface area contributed by atoms with Crippen LogP contribution in [0.2, 0.25) is 0 Å². The van der Waals surface area contributed by atoms with Gasteiger partial charge in [0.2, 0.25) is 5.92 Å². The first-order valence-corrected chi connectivity index (χ1v) is 6.04. The minimum absolute atomic E-state index is 0.0352. The highest BCUT2D eigenvalue weighted by atomic mass is 32.2. The summed E-state index contributed by atoms with van der Waals surface area (Å²) in [5.74, 6) is -2.40. The van der Waals surface area contributed by atoms with E-state index >= 15 is 0 Å². The van der Waals surface area contributed by atoms with Crippen molar-refractivity contribution in [3.8, 4) is 0 Å². The maximum absolute atomic E-state index is 12.6. The standard InChI is InChI=1S/C7H15F2NS/c1-11(2)10-6-3-4-7(8,9)5-6/h6,10-11H,3-5H2,1-2H3. The van der Waals surface area contributed by atoms with Crippen LogP contribution in [0.5, 0.6) is 0 Å². The molecule has 1 rings (SSSR count). The van der Waals surface area contributed by atoms with Crippen molar-refractivity contribution >= 4 is 11.1 Å². The van der Waals surface area contributed by atoms with E-state index < -0.39 is 5.92 Å². The van der Waals surface area contributed by atoms with Crippen LogP contribution in [0.4, 0.5) is 8.78 Å². The molecule has 0 amide bonds. The normalized spacial score (nSPS) is 30.5. The SMILES string of the molecule is C[SH](C)NC1CCC(F)(F)C1. The molecule has 68 valence electrons. The Labute approximate surface area is 69.0 Å². The van der Waals surface area contributed by atoms with Crippen LogP contribution in [-0.4, -0.2) is 24.5 Å². The molecule has 0 aromatic carbocycles. The summed E-state index contributed by atoms with van der Waals surface area (Å²) >= 11 is -0.236. The second-order valence-electron chi connectivity index (χ2n) is 3.32. The number of nitrogens with one attached hydrogen (secondary N) is 1. The van der Waals surface area contributed by atoms with Gasteiger partial charge in [0.05, 0.1) is 0 Å². The zero-order valence-corrected chi connectivity index (χ0v) is 7.80. The molecule has 0 spiro atoms. The molecule has 1 fully saturated rings. The van der Waals surface area contributed by atoms with Gasteiger partial charge in [0.1, 0.15) is 0 Å². The van der Waals surface area contributed by atoms with Gasteiger partial charge in [0.25, 0.3) is 0 Å². The van der Waals surface area contributed by atoms with Gasteiger partial charge >= 0.3 is 0 Å². The van der Waals surface area contributed by atoms with Gasteiger partial charge in [-0.15, -0.1) is 0 Å². The van der Waals surface area contributed by atoms with Gasteiger partial charge in [0, 0.05) is 18.9 Å². The Balaban J connectivity index is 2.31. The average Bonchev–Trinajstić information content (AvgIpc) is 2.08. The minimum Gasteiger partial charge on any atom is -0.281 e. The monoisotopic (exact) mass is 183 g/mol. The molecule has 1 atom stereocenters. The van der Waals surface area contributed by atoms with E-state index in [1.165, 1.54) is 0 Å². The van der Waals surface area contributed by atoms with Crippen LogP contribution >= 0.6 is 11.1 Å². The molecule has 0 heterocycles. The molecule has 1 saturated carbocycles. The second-order valence-corrected chi connectivity index (χ2v) is 5.37. The molecule has 1 nitrogen and oxygen atoms in total. The van der Waals surface area contributed by atoms with Crippen LogP contribution in [-0.2, 0) is 0 Å². The Kier molecular flexibility index (Phi) is 2.75. The fraction of sp³-hybridized carbons (Fsp3) is 1.00. The number of hydrogen-bond acceptors (Lipinski definition) is 1. The maximum Gasteiger partial charge on any atom is 0.249 e. The predicted octanol–water partition coefficient (Wildman–Crippen LogP) is 1.94. The Bertz CT molecular complexity index is 138. The third-order valence-electron chi connectivity index (χ3n) is 1.84. The number of alkyl halides is 2. The van der Waals surface area contributed by atoms with Crippen molar-refractivity contribution in [2.45, 2.75) is 31.2 Å². The van der Waals surface area contributed by atoms with Gasteiger partial charge in [-0.3, -0.25) is 4.72 Å². The van der Waals surface area contributed by atoms with Crippen LogP contribution in [0, 0.1) is 0 Å². The summed E-state index contributed by atoms with van der Waals surface area (Å²) in [5.41, 5.74) is 0. The lowest BCUT2D eigenvalue weighted by atomic mass is 10.3.